The summed E-state index contributed by atoms with van der Waals surface area (Å²) in [4.78, 5) is 49.4. The topological polar surface area (TPSA) is 115 Å². The summed E-state index contributed by atoms with van der Waals surface area (Å²) >= 11 is 0. The second-order valence-electron chi connectivity index (χ2n) is 8.79. The van der Waals surface area contributed by atoms with Crippen LogP contribution in [0, 0.1) is 0 Å². The first-order valence-electron chi connectivity index (χ1n) is 11.3. The summed E-state index contributed by atoms with van der Waals surface area (Å²) in [7, 11) is 0. The Hall–Kier alpha value is -2.97. The summed E-state index contributed by atoms with van der Waals surface area (Å²) in [5.41, 5.74) is 2.60. The zero-order chi connectivity index (χ0) is 21.5. The summed E-state index contributed by atoms with van der Waals surface area (Å²) in [6, 6.07) is 1.57. The van der Waals surface area contributed by atoms with Crippen LogP contribution < -0.4 is 5.56 Å². The van der Waals surface area contributed by atoms with Crippen molar-refractivity contribution < 1.29 is 9.59 Å². The minimum atomic E-state index is -0.294. The fourth-order valence-electron chi connectivity index (χ4n) is 4.71. The third kappa shape index (κ3) is 3.77. The number of carbonyl (C=O) groups is 2. The van der Waals surface area contributed by atoms with E-state index in [1.165, 1.54) is 0 Å². The summed E-state index contributed by atoms with van der Waals surface area (Å²) in [6.07, 6.45) is 5.83. The lowest BCUT2D eigenvalue weighted by Gasteiger charge is -2.35. The maximum absolute atomic E-state index is 13.3. The number of hydrogen-bond acceptors (Lipinski definition) is 5. The van der Waals surface area contributed by atoms with Crippen LogP contribution in [0.4, 0.5) is 0 Å². The number of piperidine rings is 1. The van der Waals surface area contributed by atoms with Crippen LogP contribution in [0.15, 0.2) is 10.9 Å². The van der Waals surface area contributed by atoms with Crippen molar-refractivity contribution in [1.29, 1.82) is 0 Å². The van der Waals surface area contributed by atoms with Crippen LogP contribution in [-0.4, -0.2) is 54.9 Å². The number of nitrogens with zero attached hydrogens (tertiary/aromatic N) is 4. The molecule has 9 nitrogen and oxygen atoms in total. The Morgan fingerprint density at radius 1 is 1.19 bits per heavy atom. The first-order valence-corrected chi connectivity index (χ1v) is 11.3. The summed E-state index contributed by atoms with van der Waals surface area (Å²) < 4.78 is 0. The molecule has 1 aliphatic carbocycles. The van der Waals surface area contributed by atoms with Crippen LogP contribution in [0.25, 0.3) is 0 Å². The van der Waals surface area contributed by atoms with Gasteiger partial charge in [0.1, 0.15) is 11.5 Å². The average Bonchev–Trinajstić information content (AvgIpc) is 3.54. The smallest absolute Gasteiger partial charge is 0.274 e. The maximum atomic E-state index is 13.3. The van der Waals surface area contributed by atoms with E-state index in [1.807, 2.05) is 13.0 Å². The first kappa shape index (κ1) is 20.0. The highest BCUT2D eigenvalue weighted by molar-refractivity contribution is 5.92. The van der Waals surface area contributed by atoms with Crippen molar-refractivity contribution in [1.82, 2.24) is 30.0 Å². The third-order valence-electron chi connectivity index (χ3n) is 6.66. The average molecular weight is 425 g/mol. The minimum absolute atomic E-state index is 0.0637. The van der Waals surface area contributed by atoms with Crippen molar-refractivity contribution in [3.63, 3.8) is 0 Å². The molecule has 0 bridgehead atoms. The van der Waals surface area contributed by atoms with Gasteiger partial charge in [0, 0.05) is 36.7 Å². The molecule has 1 atom stereocenters. The number of likely N-dealkylation sites (tertiary alicyclic amines) is 1. The van der Waals surface area contributed by atoms with Gasteiger partial charge in [-0.3, -0.25) is 19.5 Å². The normalized spacial score (nSPS) is 21.1. The number of hydrogen-bond donors (Lipinski definition) is 2. The van der Waals surface area contributed by atoms with E-state index in [-0.39, 0.29) is 23.4 Å². The van der Waals surface area contributed by atoms with Gasteiger partial charge in [0.25, 0.3) is 11.5 Å². The van der Waals surface area contributed by atoms with Gasteiger partial charge in [0.05, 0.1) is 18.3 Å². The molecule has 164 valence electrons. The van der Waals surface area contributed by atoms with Gasteiger partial charge in [-0.05, 0) is 44.6 Å². The fraction of sp³-hybridized carbons (Fsp3) is 0.591. The molecule has 0 radical (unpaired) electrons. The Bertz CT molecular complexity index is 1070. The molecular weight excluding hydrogens is 396 g/mol. The standard InChI is InChI=1S/C22H28N6O3/c1-2-19(29)27-10-8-14-17(12-27)23-20(24-21(14)30)18-5-3-4-9-28(18)22(31)16-11-15(25-26-16)13-6-7-13/h11,13,18H,2-10,12H2,1H3,(H,25,26)(H,23,24,30)/t18-/m1/s1. The van der Waals surface area contributed by atoms with Gasteiger partial charge in [0.15, 0.2) is 0 Å². The minimum Gasteiger partial charge on any atom is -0.336 e. The molecule has 5 rings (SSSR count). The number of amides is 2. The molecule has 2 amide bonds. The number of aromatic nitrogens is 4. The number of H-pyrrole nitrogens is 2. The van der Waals surface area contributed by atoms with E-state index >= 15 is 0 Å². The Balaban J connectivity index is 1.43. The van der Waals surface area contributed by atoms with Crippen molar-refractivity contribution in [2.75, 3.05) is 13.1 Å². The first-order chi connectivity index (χ1) is 15.0. The predicted octanol–water partition coefficient (Wildman–Crippen LogP) is 2.03. The molecule has 0 unspecified atom stereocenters. The molecule has 2 N–H and O–H groups in total. The van der Waals surface area contributed by atoms with Crippen LogP contribution in [0.3, 0.4) is 0 Å². The van der Waals surface area contributed by atoms with E-state index in [0.717, 1.165) is 37.8 Å². The molecule has 2 aromatic rings. The zero-order valence-electron chi connectivity index (χ0n) is 17.8. The number of fused-ring (bicyclic) bond motifs is 1. The van der Waals surface area contributed by atoms with Gasteiger partial charge in [-0.25, -0.2) is 4.98 Å². The molecule has 0 spiro atoms. The number of aromatic amines is 2. The molecular formula is C22H28N6O3. The molecule has 2 fully saturated rings. The van der Waals surface area contributed by atoms with Gasteiger partial charge < -0.3 is 14.8 Å². The van der Waals surface area contributed by atoms with E-state index in [1.54, 1.807) is 9.80 Å². The second-order valence-corrected chi connectivity index (χ2v) is 8.79. The molecule has 0 aromatic carbocycles. The van der Waals surface area contributed by atoms with Crippen molar-refractivity contribution in [2.24, 2.45) is 0 Å². The third-order valence-corrected chi connectivity index (χ3v) is 6.66. The van der Waals surface area contributed by atoms with E-state index < -0.39 is 0 Å². The Kier molecular flexibility index (Phi) is 5.11. The highest BCUT2D eigenvalue weighted by Crippen LogP contribution is 2.39. The van der Waals surface area contributed by atoms with E-state index in [9.17, 15) is 14.4 Å². The van der Waals surface area contributed by atoms with E-state index in [4.69, 9.17) is 4.98 Å². The van der Waals surface area contributed by atoms with Gasteiger partial charge in [-0.2, -0.15) is 5.10 Å². The summed E-state index contributed by atoms with van der Waals surface area (Å²) in [6.45, 7) is 3.34. The fourth-order valence-corrected chi connectivity index (χ4v) is 4.71. The van der Waals surface area contributed by atoms with Crippen LogP contribution in [0.2, 0.25) is 0 Å². The molecule has 1 saturated carbocycles. The quantitative estimate of drug-likeness (QED) is 0.779. The van der Waals surface area contributed by atoms with Crippen LogP contribution in [-0.2, 0) is 17.8 Å². The lowest BCUT2D eigenvalue weighted by Crippen LogP contribution is -2.42. The Labute approximate surface area is 180 Å². The van der Waals surface area contributed by atoms with Crippen LogP contribution in [0.5, 0.6) is 0 Å². The van der Waals surface area contributed by atoms with Gasteiger partial charge >= 0.3 is 0 Å². The van der Waals surface area contributed by atoms with Crippen molar-refractivity contribution in [3.05, 3.63) is 44.9 Å². The van der Waals surface area contributed by atoms with Crippen LogP contribution >= 0.6 is 0 Å². The van der Waals surface area contributed by atoms with E-state index in [0.29, 0.717) is 61.2 Å². The zero-order valence-corrected chi connectivity index (χ0v) is 17.8. The summed E-state index contributed by atoms with van der Waals surface area (Å²) in [5.74, 6) is 0.948. The lowest BCUT2D eigenvalue weighted by molar-refractivity contribution is -0.131. The molecule has 4 heterocycles. The number of nitrogens with one attached hydrogen (secondary N) is 2. The van der Waals surface area contributed by atoms with Gasteiger partial charge in [0.2, 0.25) is 5.91 Å². The highest BCUT2D eigenvalue weighted by Gasteiger charge is 2.34. The number of carbonyl (C=O) groups excluding carboxylic acids is 2. The Morgan fingerprint density at radius 2 is 2.03 bits per heavy atom. The molecule has 3 aliphatic rings. The van der Waals surface area contributed by atoms with E-state index in [2.05, 4.69) is 15.2 Å². The SMILES string of the molecule is CCC(=O)N1CCc2c(nc([C@H]3CCCCN3C(=O)c3cc(C4CC4)[nH]n3)[nH]c2=O)C1. The maximum Gasteiger partial charge on any atom is 0.274 e. The Morgan fingerprint density at radius 3 is 2.81 bits per heavy atom. The van der Waals surface area contributed by atoms with Gasteiger partial charge in [-0.1, -0.05) is 6.92 Å². The van der Waals surface area contributed by atoms with Crippen molar-refractivity contribution in [2.45, 2.75) is 70.4 Å². The molecule has 1 saturated heterocycles. The summed E-state index contributed by atoms with van der Waals surface area (Å²) in [5, 5.41) is 7.26. The monoisotopic (exact) mass is 424 g/mol. The number of rotatable bonds is 4. The lowest BCUT2D eigenvalue weighted by atomic mass is 9.99. The van der Waals surface area contributed by atoms with Gasteiger partial charge in [-0.15, -0.1) is 0 Å². The predicted molar refractivity (Wildman–Crippen MR) is 112 cm³/mol. The molecule has 2 aromatic heterocycles. The highest BCUT2D eigenvalue weighted by atomic mass is 16.2. The molecule has 9 heteroatoms. The molecule has 2 aliphatic heterocycles. The largest absolute Gasteiger partial charge is 0.336 e. The van der Waals surface area contributed by atoms with Crippen molar-refractivity contribution >= 4 is 11.8 Å². The molecule has 31 heavy (non-hydrogen) atoms. The van der Waals surface area contributed by atoms with Crippen molar-refractivity contribution in [3.8, 4) is 0 Å². The van der Waals surface area contributed by atoms with Crippen LogP contribution in [0.1, 0.15) is 90.7 Å². The second kappa shape index (κ2) is 7.94.